The molecule has 1 aromatic rings. The fourth-order valence-electron chi connectivity index (χ4n) is 0.438. The second-order valence-electron chi connectivity index (χ2n) is 1.90. The third-order valence-electron chi connectivity index (χ3n) is 0.927. The van der Waals surface area contributed by atoms with E-state index in [0.29, 0.717) is 11.3 Å². The molecule has 1 aromatic heterocycles. The lowest BCUT2D eigenvalue weighted by Gasteiger charge is -1.87. The van der Waals surface area contributed by atoms with Crippen LogP contribution in [0.2, 0.25) is 0 Å². The Morgan fingerprint density at radius 2 is 2.17 bits per heavy atom. The van der Waals surface area contributed by atoms with Crippen molar-refractivity contribution in [1.29, 1.82) is 0 Å². The molecule has 0 unspecified atom stereocenters. The van der Waals surface area contributed by atoms with Crippen molar-refractivity contribution in [3.05, 3.63) is 17.5 Å². The van der Waals surface area contributed by atoms with Crippen LogP contribution in [0.4, 0.5) is 0 Å². The minimum atomic E-state index is -1.30. The topological polar surface area (TPSA) is 66.5 Å². The van der Waals surface area contributed by atoms with E-state index in [1.54, 1.807) is 17.5 Å². The molecule has 12 heavy (non-hydrogen) atoms. The summed E-state index contributed by atoms with van der Waals surface area (Å²) in [5.74, 6) is 0.792. The molecule has 0 fully saturated rings. The lowest BCUT2D eigenvalue weighted by atomic mass is 9.90. The van der Waals surface area contributed by atoms with Crippen LogP contribution in [0.5, 0.6) is 0 Å². The van der Waals surface area contributed by atoms with Crippen LogP contribution in [0.25, 0.3) is 0 Å². The van der Waals surface area contributed by atoms with Crippen molar-refractivity contribution in [2.45, 2.75) is 0 Å². The van der Waals surface area contributed by atoms with Crippen LogP contribution in [-0.4, -0.2) is 29.5 Å². The van der Waals surface area contributed by atoms with E-state index in [9.17, 15) is 0 Å². The highest BCUT2D eigenvalue weighted by Crippen LogP contribution is 1.92. The van der Waals surface area contributed by atoms with Gasteiger partial charge in [0.2, 0.25) is 0 Å². The smallest absolute Gasteiger partial charge is 0.423 e. The van der Waals surface area contributed by atoms with E-state index in [1.165, 1.54) is 11.3 Å². The second kappa shape index (κ2) is 7.63. The Morgan fingerprint density at radius 1 is 1.58 bits per heavy atom. The molecule has 1 rings (SSSR count). The molecule has 0 aliphatic rings. The van der Waals surface area contributed by atoms with Crippen LogP contribution in [-0.2, 0) is 0 Å². The molecular weight excluding hydrogens is 193 g/mol. The first kappa shape index (κ1) is 12.0. The fourth-order valence-corrected chi connectivity index (χ4v) is 1.03. The summed E-state index contributed by atoms with van der Waals surface area (Å²) < 4.78 is 0.588. The number of nitrogens with two attached hydrogens (primary N) is 1. The van der Waals surface area contributed by atoms with E-state index in [0.717, 1.165) is 5.75 Å². The minimum Gasteiger partial charge on any atom is -0.423 e. The van der Waals surface area contributed by atoms with Crippen LogP contribution >= 0.6 is 24.0 Å². The van der Waals surface area contributed by atoms with E-state index in [4.69, 9.17) is 15.8 Å². The first-order valence-corrected chi connectivity index (χ1v) is 4.94. The molecule has 0 saturated heterocycles. The highest BCUT2D eigenvalue weighted by molar-refractivity contribution is 7.80. The number of rotatable bonds is 2. The van der Waals surface area contributed by atoms with Crippen LogP contribution in [0.15, 0.2) is 17.5 Å². The summed E-state index contributed by atoms with van der Waals surface area (Å²) in [4.78, 5) is 0. The van der Waals surface area contributed by atoms with Gasteiger partial charge < -0.3 is 15.8 Å². The number of hydrogen-bond acceptors (Lipinski definition) is 5. The maximum Gasteiger partial charge on any atom is 0.499 e. The predicted molar refractivity (Wildman–Crippen MR) is 57.1 cm³/mol. The van der Waals surface area contributed by atoms with Gasteiger partial charge in [0.15, 0.2) is 0 Å². The van der Waals surface area contributed by atoms with Crippen molar-refractivity contribution >= 4 is 35.9 Å². The molecule has 0 aliphatic heterocycles. The van der Waals surface area contributed by atoms with Gasteiger partial charge >= 0.3 is 7.12 Å². The second-order valence-corrected chi connectivity index (χ2v) is 3.33. The van der Waals surface area contributed by atoms with Gasteiger partial charge in [0.1, 0.15) is 0 Å². The van der Waals surface area contributed by atoms with Crippen LogP contribution < -0.4 is 10.5 Å². The molecule has 68 valence electrons. The number of thiophene rings is 1. The van der Waals surface area contributed by atoms with E-state index >= 15 is 0 Å². The van der Waals surface area contributed by atoms with Crippen LogP contribution in [0, 0.1) is 0 Å². The standard InChI is InChI=1S/C4H5BO2S.C2H7NS/c6-5(7)4-2-1-3-8-4;3-1-2-4/h1-3,6-7H;4H,1-3H2. The van der Waals surface area contributed by atoms with Crippen molar-refractivity contribution in [1.82, 2.24) is 0 Å². The summed E-state index contributed by atoms with van der Waals surface area (Å²) in [6.45, 7) is 0.684. The van der Waals surface area contributed by atoms with Gasteiger partial charge in [0.05, 0.1) is 0 Å². The molecule has 0 saturated carbocycles. The lowest BCUT2D eigenvalue weighted by Crippen LogP contribution is -2.26. The normalized spacial score (nSPS) is 8.67. The van der Waals surface area contributed by atoms with Gasteiger partial charge in [0.25, 0.3) is 0 Å². The van der Waals surface area contributed by atoms with E-state index < -0.39 is 7.12 Å². The Morgan fingerprint density at radius 3 is 2.33 bits per heavy atom. The van der Waals surface area contributed by atoms with E-state index in [2.05, 4.69) is 12.6 Å². The summed E-state index contributed by atoms with van der Waals surface area (Å²) in [6, 6.07) is 3.45. The summed E-state index contributed by atoms with van der Waals surface area (Å²) in [5.41, 5.74) is 4.95. The highest BCUT2D eigenvalue weighted by atomic mass is 32.1. The van der Waals surface area contributed by atoms with Crippen molar-refractivity contribution in [3.63, 3.8) is 0 Å². The molecule has 0 amide bonds. The SMILES string of the molecule is NCCS.OB(O)c1cccs1. The maximum atomic E-state index is 8.48. The zero-order chi connectivity index (χ0) is 9.40. The molecule has 0 radical (unpaired) electrons. The predicted octanol–water partition coefficient (Wildman–Crippen LogP) is -0.697. The molecule has 1 heterocycles. The molecule has 6 heteroatoms. The average Bonchev–Trinajstić information content (AvgIpc) is 2.57. The fraction of sp³-hybridized carbons (Fsp3) is 0.333. The summed E-state index contributed by atoms with van der Waals surface area (Å²) in [6.07, 6.45) is 0. The highest BCUT2D eigenvalue weighted by Gasteiger charge is 2.09. The molecule has 0 spiro atoms. The van der Waals surface area contributed by atoms with Gasteiger partial charge in [-0.3, -0.25) is 0 Å². The number of hydrogen-bond donors (Lipinski definition) is 4. The van der Waals surface area contributed by atoms with Crippen molar-refractivity contribution in [3.8, 4) is 0 Å². The quantitative estimate of drug-likeness (QED) is 0.381. The molecule has 0 aromatic carbocycles. The Bertz CT molecular complexity index is 180. The Labute approximate surface area is 81.8 Å². The van der Waals surface area contributed by atoms with Gasteiger partial charge in [0, 0.05) is 17.1 Å². The molecular formula is C6H12BNO2S2. The first-order chi connectivity index (χ1) is 5.72. The molecule has 0 aliphatic carbocycles. The molecule has 4 N–H and O–H groups in total. The van der Waals surface area contributed by atoms with Crippen molar-refractivity contribution < 1.29 is 10.0 Å². The minimum absolute atomic E-state index is 0.588. The largest absolute Gasteiger partial charge is 0.499 e. The van der Waals surface area contributed by atoms with E-state index in [1.807, 2.05) is 0 Å². The third kappa shape index (κ3) is 5.62. The Kier molecular flexibility index (Phi) is 7.63. The molecule has 0 bridgehead atoms. The third-order valence-corrected chi connectivity index (χ3v) is 2.10. The summed E-state index contributed by atoms with van der Waals surface area (Å²) in [7, 11) is -1.30. The Hall–Kier alpha value is -0.00506. The zero-order valence-corrected chi connectivity index (χ0v) is 8.26. The van der Waals surface area contributed by atoms with Gasteiger partial charge in [-0.1, -0.05) is 12.1 Å². The zero-order valence-electron chi connectivity index (χ0n) is 6.55. The molecule has 3 nitrogen and oxygen atoms in total. The summed E-state index contributed by atoms with van der Waals surface area (Å²) in [5, 5.41) is 18.8. The maximum absolute atomic E-state index is 8.48. The lowest BCUT2D eigenvalue weighted by molar-refractivity contribution is 0.427. The monoisotopic (exact) mass is 205 g/mol. The van der Waals surface area contributed by atoms with Gasteiger partial charge in [-0.15, -0.1) is 0 Å². The Balaban J connectivity index is 0.000000261. The average molecular weight is 205 g/mol. The van der Waals surface area contributed by atoms with Gasteiger partial charge in [-0.25, -0.2) is 0 Å². The summed E-state index contributed by atoms with van der Waals surface area (Å²) >= 11 is 5.13. The van der Waals surface area contributed by atoms with Crippen LogP contribution in [0.3, 0.4) is 0 Å². The van der Waals surface area contributed by atoms with Crippen molar-refractivity contribution in [2.75, 3.05) is 12.3 Å². The van der Waals surface area contributed by atoms with Gasteiger partial charge in [-0.05, 0) is 5.38 Å². The first-order valence-electron chi connectivity index (χ1n) is 3.42. The van der Waals surface area contributed by atoms with Crippen LogP contribution in [0.1, 0.15) is 0 Å². The van der Waals surface area contributed by atoms with Gasteiger partial charge in [-0.2, -0.15) is 24.0 Å². The van der Waals surface area contributed by atoms with Crippen molar-refractivity contribution in [2.24, 2.45) is 5.73 Å². The van der Waals surface area contributed by atoms with E-state index in [-0.39, 0.29) is 0 Å². The molecule has 0 atom stereocenters. The number of thiol groups is 1.